The van der Waals surface area contributed by atoms with Gasteiger partial charge in [-0.2, -0.15) is 0 Å². The molecule has 23 heavy (non-hydrogen) atoms. The lowest BCUT2D eigenvalue weighted by atomic mass is 10.2. The molecule has 0 radical (unpaired) electrons. The zero-order chi connectivity index (χ0) is 16.4. The number of anilines is 1. The Bertz CT molecular complexity index is 785. The van der Waals surface area contributed by atoms with Crippen molar-refractivity contribution in [1.29, 1.82) is 0 Å². The summed E-state index contributed by atoms with van der Waals surface area (Å²) in [6, 6.07) is 15.1. The van der Waals surface area contributed by atoms with Gasteiger partial charge in [0.05, 0.1) is 17.7 Å². The minimum atomic E-state index is -0.104. The van der Waals surface area contributed by atoms with Crippen molar-refractivity contribution in [3.63, 3.8) is 0 Å². The van der Waals surface area contributed by atoms with E-state index in [4.69, 9.17) is 17.0 Å². The van der Waals surface area contributed by atoms with Crippen LogP contribution in [0.3, 0.4) is 0 Å². The number of thiocarbonyl (C=S) groups is 1. The highest BCUT2D eigenvalue weighted by molar-refractivity contribution is 9.10. The van der Waals surface area contributed by atoms with Crippen molar-refractivity contribution < 1.29 is 9.53 Å². The Balaban J connectivity index is 1.88. The largest absolute Gasteiger partial charge is 0.497 e. The van der Waals surface area contributed by atoms with Crippen LogP contribution in [0.15, 0.2) is 57.9 Å². The number of amides is 1. The van der Waals surface area contributed by atoms with Gasteiger partial charge in [0, 0.05) is 4.47 Å². The second-order valence-electron chi connectivity index (χ2n) is 4.77. The molecular formula is C17H12BrNO2S2. The molecule has 0 saturated carbocycles. The Hall–Kier alpha value is -1.63. The molecule has 3 nitrogen and oxygen atoms in total. The zero-order valence-corrected chi connectivity index (χ0v) is 15.4. The quantitative estimate of drug-likeness (QED) is 0.538. The first kappa shape index (κ1) is 16.2. The SMILES string of the molecule is COc1ccc(N2C(=O)/C(=C/c3ccc(Br)cc3)SC2=S)cc1. The van der Waals surface area contributed by atoms with E-state index in [9.17, 15) is 4.79 Å². The normalized spacial score (nSPS) is 16.3. The summed E-state index contributed by atoms with van der Waals surface area (Å²) in [5.74, 6) is 0.637. The molecule has 6 heteroatoms. The molecule has 0 atom stereocenters. The molecule has 1 fully saturated rings. The molecule has 1 aliphatic heterocycles. The van der Waals surface area contributed by atoms with Crippen LogP contribution in [0.2, 0.25) is 0 Å². The Morgan fingerprint density at radius 3 is 2.39 bits per heavy atom. The van der Waals surface area contributed by atoms with Crippen molar-refractivity contribution in [2.45, 2.75) is 0 Å². The maximum atomic E-state index is 12.7. The van der Waals surface area contributed by atoms with Gasteiger partial charge in [-0.05, 0) is 48.0 Å². The van der Waals surface area contributed by atoms with Crippen LogP contribution in [0.1, 0.15) is 5.56 Å². The lowest BCUT2D eigenvalue weighted by Gasteiger charge is -2.14. The number of halogens is 1. The number of thioether (sulfide) groups is 1. The summed E-state index contributed by atoms with van der Waals surface area (Å²) in [4.78, 5) is 14.8. The summed E-state index contributed by atoms with van der Waals surface area (Å²) in [5, 5.41) is 0. The first-order valence-electron chi connectivity index (χ1n) is 6.76. The number of hydrogen-bond donors (Lipinski definition) is 0. The first-order chi connectivity index (χ1) is 11.1. The van der Waals surface area contributed by atoms with E-state index in [1.54, 1.807) is 12.0 Å². The second kappa shape index (κ2) is 6.86. The molecule has 1 aliphatic rings. The average Bonchev–Trinajstić information content (AvgIpc) is 2.84. The minimum absolute atomic E-state index is 0.104. The van der Waals surface area contributed by atoms with E-state index >= 15 is 0 Å². The van der Waals surface area contributed by atoms with E-state index in [1.165, 1.54) is 11.8 Å². The van der Waals surface area contributed by atoms with E-state index in [-0.39, 0.29) is 5.91 Å². The number of nitrogens with zero attached hydrogens (tertiary/aromatic N) is 1. The number of carbonyl (C=O) groups excluding carboxylic acids is 1. The molecular weight excluding hydrogens is 394 g/mol. The monoisotopic (exact) mass is 405 g/mol. The van der Waals surface area contributed by atoms with E-state index in [2.05, 4.69) is 15.9 Å². The molecule has 116 valence electrons. The summed E-state index contributed by atoms with van der Waals surface area (Å²) in [5.41, 5.74) is 1.70. The van der Waals surface area contributed by atoms with Crippen LogP contribution in [0.4, 0.5) is 5.69 Å². The van der Waals surface area contributed by atoms with Gasteiger partial charge < -0.3 is 4.74 Å². The molecule has 3 rings (SSSR count). The lowest BCUT2D eigenvalue weighted by Crippen LogP contribution is -2.27. The standard InChI is InChI=1S/C17H12BrNO2S2/c1-21-14-8-6-13(7-9-14)19-16(20)15(23-17(19)22)10-11-2-4-12(18)5-3-11/h2-10H,1H3/b15-10-. The number of methoxy groups -OCH3 is 1. The van der Waals surface area contributed by atoms with Gasteiger partial charge in [-0.1, -0.05) is 52.0 Å². The number of hydrogen-bond acceptors (Lipinski definition) is 4. The van der Waals surface area contributed by atoms with Crippen LogP contribution < -0.4 is 9.64 Å². The predicted molar refractivity (Wildman–Crippen MR) is 103 cm³/mol. The number of carbonyl (C=O) groups is 1. The third kappa shape index (κ3) is 3.49. The number of benzene rings is 2. The fourth-order valence-electron chi connectivity index (χ4n) is 2.13. The minimum Gasteiger partial charge on any atom is -0.497 e. The number of ether oxygens (including phenoxy) is 1. The van der Waals surface area contributed by atoms with E-state index in [0.717, 1.165) is 21.5 Å². The number of rotatable bonds is 3. The van der Waals surface area contributed by atoms with Crippen LogP contribution in [0.25, 0.3) is 6.08 Å². The molecule has 1 amide bonds. The van der Waals surface area contributed by atoms with Crippen LogP contribution in [-0.4, -0.2) is 17.3 Å². The molecule has 0 N–H and O–H groups in total. The van der Waals surface area contributed by atoms with Crippen molar-refractivity contribution in [1.82, 2.24) is 0 Å². The van der Waals surface area contributed by atoms with Crippen LogP contribution in [0, 0.1) is 0 Å². The Morgan fingerprint density at radius 2 is 1.78 bits per heavy atom. The van der Waals surface area contributed by atoms with E-state index in [0.29, 0.717) is 9.23 Å². The summed E-state index contributed by atoms with van der Waals surface area (Å²) in [6.07, 6.45) is 1.86. The van der Waals surface area contributed by atoms with Gasteiger partial charge in [-0.25, -0.2) is 0 Å². The van der Waals surface area contributed by atoms with E-state index in [1.807, 2.05) is 54.6 Å². The van der Waals surface area contributed by atoms with Crippen LogP contribution in [-0.2, 0) is 4.79 Å². The molecule has 2 aromatic carbocycles. The highest BCUT2D eigenvalue weighted by atomic mass is 79.9. The predicted octanol–water partition coefficient (Wildman–Crippen LogP) is 4.86. The third-order valence-corrected chi connectivity index (χ3v) is 5.12. The first-order valence-corrected chi connectivity index (χ1v) is 8.78. The highest BCUT2D eigenvalue weighted by Crippen LogP contribution is 2.36. The Labute approximate surface area is 152 Å². The van der Waals surface area contributed by atoms with Gasteiger partial charge in [0.15, 0.2) is 4.32 Å². The molecule has 0 aromatic heterocycles. The summed E-state index contributed by atoms with van der Waals surface area (Å²) in [7, 11) is 1.61. The summed E-state index contributed by atoms with van der Waals surface area (Å²) >= 11 is 10.1. The van der Waals surface area contributed by atoms with Crippen molar-refractivity contribution >= 4 is 61.9 Å². The molecule has 1 saturated heterocycles. The van der Waals surface area contributed by atoms with Gasteiger partial charge in [0.2, 0.25) is 0 Å². The maximum Gasteiger partial charge on any atom is 0.270 e. The van der Waals surface area contributed by atoms with Gasteiger partial charge >= 0.3 is 0 Å². The summed E-state index contributed by atoms with van der Waals surface area (Å²) in [6.45, 7) is 0. The van der Waals surface area contributed by atoms with Gasteiger partial charge in [-0.15, -0.1) is 0 Å². The average molecular weight is 406 g/mol. The van der Waals surface area contributed by atoms with Crippen molar-refractivity contribution in [2.24, 2.45) is 0 Å². The third-order valence-electron chi connectivity index (χ3n) is 3.29. The Morgan fingerprint density at radius 1 is 1.13 bits per heavy atom. The zero-order valence-electron chi connectivity index (χ0n) is 12.2. The van der Waals surface area contributed by atoms with Gasteiger partial charge in [0.25, 0.3) is 5.91 Å². The van der Waals surface area contributed by atoms with Gasteiger partial charge in [-0.3, -0.25) is 9.69 Å². The molecule has 2 aromatic rings. The molecule has 0 aliphatic carbocycles. The molecule has 0 unspecified atom stereocenters. The van der Waals surface area contributed by atoms with E-state index < -0.39 is 0 Å². The fraction of sp³-hybridized carbons (Fsp3) is 0.0588. The summed E-state index contributed by atoms with van der Waals surface area (Å²) < 4.78 is 6.67. The van der Waals surface area contributed by atoms with Crippen LogP contribution >= 0.6 is 39.9 Å². The molecule has 0 bridgehead atoms. The van der Waals surface area contributed by atoms with Gasteiger partial charge in [0.1, 0.15) is 5.75 Å². The maximum absolute atomic E-state index is 12.7. The smallest absolute Gasteiger partial charge is 0.270 e. The molecule has 0 spiro atoms. The van der Waals surface area contributed by atoms with Crippen molar-refractivity contribution in [3.8, 4) is 5.75 Å². The van der Waals surface area contributed by atoms with Crippen molar-refractivity contribution in [2.75, 3.05) is 12.0 Å². The fourth-order valence-corrected chi connectivity index (χ4v) is 3.70. The highest BCUT2D eigenvalue weighted by Gasteiger charge is 2.33. The second-order valence-corrected chi connectivity index (χ2v) is 7.36. The van der Waals surface area contributed by atoms with Crippen LogP contribution in [0.5, 0.6) is 5.75 Å². The topological polar surface area (TPSA) is 29.5 Å². The lowest BCUT2D eigenvalue weighted by molar-refractivity contribution is -0.113. The Kier molecular flexibility index (Phi) is 4.84. The van der Waals surface area contributed by atoms with Crippen molar-refractivity contribution in [3.05, 3.63) is 63.5 Å². The molecule has 1 heterocycles.